The second kappa shape index (κ2) is 9.18. The molecule has 14 heteroatoms. The Labute approximate surface area is 185 Å². The van der Waals surface area contributed by atoms with Crippen LogP contribution in [0.2, 0.25) is 10.0 Å². The van der Waals surface area contributed by atoms with Crippen LogP contribution in [0.15, 0.2) is 46.5 Å². The van der Waals surface area contributed by atoms with E-state index in [1.807, 2.05) is 0 Å². The van der Waals surface area contributed by atoms with Crippen LogP contribution in [0.25, 0.3) is 5.69 Å². The summed E-state index contributed by atoms with van der Waals surface area (Å²) in [5.74, 6) is 0.180. The molecule has 1 aromatic heterocycles. The molecule has 3 rings (SSSR count). The first-order valence-corrected chi connectivity index (χ1v) is 11.3. The fourth-order valence-electron chi connectivity index (χ4n) is 2.29. The van der Waals surface area contributed by atoms with Crippen molar-refractivity contribution in [3.05, 3.63) is 46.4 Å². The molecule has 1 heterocycles. The zero-order valence-electron chi connectivity index (χ0n) is 15.2. The average molecular weight is 489 g/mol. The first-order chi connectivity index (χ1) is 14.2. The summed E-state index contributed by atoms with van der Waals surface area (Å²) in [4.78, 5) is 12.1. The van der Waals surface area contributed by atoms with Crippen LogP contribution >= 0.6 is 35.0 Å². The van der Waals surface area contributed by atoms with Gasteiger partial charge in [-0.25, -0.2) is 13.6 Å². The van der Waals surface area contributed by atoms with Gasteiger partial charge in [-0.15, -0.1) is 5.10 Å². The molecule has 0 spiro atoms. The molecule has 0 aliphatic carbocycles. The number of methoxy groups -OCH3 is 1. The number of ether oxygens (including phenoxy) is 1. The second-order valence-corrected chi connectivity index (χ2v) is 9.03. The highest BCUT2D eigenvalue weighted by Crippen LogP contribution is 2.33. The van der Waals surface area contributed by atoms with E-state index >= 15 is 0 Å². The van der Waals surface area contributed by atoms with E-state index in [1.54, 1.807) is 31.4 Å². The standard InChI is InChI=1S/C16H14Cl2N6O4S2/c1-28-10-4-2-9(3-5-10)24-16(21-22-23-24)29-8-14(25)20-15-12(17)6-11(7-13(15)18)30(19,26)27/h2-7H,8H2,1H3,(H,20,25)(H2,19,26,27). The number of primary sulfonamides is 1. The molecule has 0 aliphatic rings. The van der Waals surface area contributed by atoms with Gasteiger partial charge in [0.15, 0.2) is 0 Å². The van der Waals surface area contributed by atoms with E-state index in [-0.39, 0.29) is 26.4 Å². The summed E-state index contributed by atoms with van der Waals surface area (Å²) >= 11 is 13.2. The third-order valence-corrected chi connectivity index (χ3v) is 6.11. The summed E-state index contributed by atoms with van der Waals surface area (Å²) < 4.78 is 29.4. The topological polar surface area (TPSA) is 142 Å². The fourth-order valence-corrected chi connectivity index (χ4v) is 4.26. The number of aromatic nitrogens is 4. The minimum Gasteiger partial charge on any atom is -0.497 e. The van der Waals surface area contributed by atoms with Crippen LogP contribution in [0.5, 0.6) is 5.75 Å². The Bertz CT molecular complexity index is 1160. The van der Waals surface area contributed by atoms with E-state index in [2.05, 4.69) is 20.8 Å². The van der Waals surface area contributed by atoms with Gasteiger partial charge in [-0.2, -0.15) is 4.68 Å². The Balaban J connectivity index is 1.70. The zero-order valence-corrected chi connectivity index (χ0v) is 18.4. The van der Waals surface area contributed by atoms with Gasteiger partial charge >= 0.3 is 0 Å². The molecular weight excluding hydrogens is 475 g/mol. The molecule has 30 heavy (non-hydrogen) atoms. The quantitative estimate of drug-likeness (QED) is 0.482. The van der Waals surface area contributed by atoms with Gasteiger partial charge in [-0.1, -0.05) is 35.0 Å². The molecule has 0 saturated carbocycles. The van der Waals surface area contributed by atoms with Gasteiger partial charge in [0.2, 0.25) is 21.1 Å². The Kier molecular flexibility index (Phi) is 6.83. The summed E-state index contributed by atoms with van der Waals surface area (Å²) in [5.41, 5.74) is 0.763. The first-order valence-electron chi connectivity index (χ1n) is 8.06. The Morgan fingerprint density at radius 1 is 1.23 bits per heavy atom. The van der Waals surface area contributed by atoms with Gasteiger partial charge in [0.05, 0.1) is 39.2 Å². The number of nitrogens with zero attached hydrogens (tertiary/aromatic N) is 4. The lowest BCUT2D eigenvalue weighted by Crippen LogP contribution is -2.16. The van der Waals surface area contributed by atoms with E-state index < -0.39 is 15.9 Å². The Morgan fingerprint density at radius 2 is 1.87 bits per heavy atom. The maximum atomic E-state index is 12.3. The lowest BCUT2D eigenvalue weighted by Gasteiger charge is -2.11. The Morgan fingerprint density at radius 3 is 2.43 bits per heavy atom. The minimum atomic E-state index is -3.99. The van der Waals surface area contributed by atoms with Crippen LogP contribution in [0.1, 0.15) is 0 Å². The smallest absolute Gasteiger partial charge is 0.238 e. The number of carbonyl (C=O) groups excluding carboxylic acids is 1. The number of rotatable bonds is 7. The lowest BCUT2D eigenvalue weighted by atomic mass is 10.3. The second-order valence-electron chi connectivity index (χ2n) is 5.72. The number of thioether (sulfide) groups is 1. The van der Waals surface area contributed by atoms with Gasteiger partial charge in [0, 0.05) is 0 Å². The maximum Gasteiger partial charge on any atom is 0.238 e. The van der Waals surface area contributed by atoms with Gasteiger partial charge in [-0.3, -0.25) is 4.79 Å². The highest BCUT2D eigenvalue weighted by molar-refractivity contribution is 7.99. The average Bonchev–Trinajstić information content (AvgIpc) is 3.17. The van der Waals surface area contributed by atoms with Crippen molar-refractivity contribution < 1.29 is 17.9 Å². The predicted octanol–water partition coefficient (Wildman–Crippen LogP) is 2.36. The largest absolute Gasteiger partial charge is 0.497 e. The molecule has 0 unspecified atom stereocenters. The van der Waals surface area contributed by atoms with Crippen molar-refractivity contribution in [1.82, 2.24) is 20.2 Å². The third-order valence-electron chi connectivity index (χ3n) is 3.70. The predicted molar refractivity (Wildman–Crippen MR) is 113 cm³/mol. The fraction of sp³-hybridized carbons (Fsp3) is 0.125. The lowest BCUT2D eigenvalue weighted by molar-refractivity contribution is -0.113. The molecule has 0 aliphatic heterocycles. The number of carbonyl (C=O) groups is 1. The van der Waals surface area contributed by atoms with Crippen LogP contribution < -0.4 is 15.2 Å². The van der Waals surface area contributed by atoms with Gasteiger partial charge < -0.3 is 10.1 Å². The van der Waals surface area contributed by atoms with E-state index in [4.69, 9.17) is 33.1 Å². The van der Waals surface area contributed by atoms with Crippen LogP contribution in [-0.2, 0) is 14.8 Å². The summed E-state index contributed by atoms with van der Waals surface area (Å²) in [7, 11) is -2.42. The summed E-state index contributed by atoms with van der Waals surface area (Å²) in [6.45, 7) is 0. The number of nitrogens with two attached hydrogens (primary N) is 1. The number of hydrogen-bond acceptors (Lipinski definition) is 8. The molecule has 0 radical (unpaired) electrons. The molecule has 0 atom stereocenters. The highest BCUT2D eigenvalue weighted by atomic mass is 35.5. The number of anilines is 1. The minimum absolute atomic E-state index is 0.0554. The molecule has 2 aromatic carbocycles. The number of tetrazole rings is 1. The van der Waals surface area contributed by atoms with Crippen molar-refractivity contribution in [2.45, 2.75) is 10.1 Å². The molecular formula is C16H14Cl2N6O4S2. The van der Waals surface area contributed by atoms with Gasteiger partial charge in [0.1, 0.15) is 5.75 Å². The summed E-state index contributed by atoms with van der Waals surface area (Å²) in [6, 6.07) is 9.27. The van der Waals surface area contributed by atoms with Crippen molar-refractivity contribution in [2.75, 3.05) is 18.2 Å². The van der Waals surface area contributed by atoms with Crippen LogP contribution in [0.4, 0.5) is 5.69 Å². The molecule has 10 nitrogen and oxygen atoms in total. The van der Waals surface area contributed by atoms with E-state index in [0.29, 0.717) is 16.6 Å². The number of hydrogen-bond donors (Lipinski definition) is 2. The number of nitrogens with one attached hydrogen (secondary N) is 1. The summed E-state index contributed by atoms with van der Waals surface area (Å²) in [5, 5.41) is 19.3. The van der Waals surface area contributed by atoms with Crippen molar-refractivity contribution >= 4 is 56.6 Å². The van der Waals surface area contributed by atoms with Crippen LogP contribution in [-0.4, -0.2) is 47.4 Å². The van der Waals surface area contributed by atoms with Crippen LogP contribution in [0, 0.1) is 0 Å². The Hall–Kier alpha value is -2.38. The molecule has 1 amide bonds. The monoisotopic (exact) mass is 488 g/mol. The number of benzene rings is 2. The zero-order chi connectivity index (χ0) is 21.9. The molecule has 0 fully saturated rings. The van der Waals surface area contributed by atoms with Crippen LogP contribution in [0.3, 0.4) is 0 Å². The summed E-state index contributed by atoms with van der Waals surface area (Å²) in [6.07, 6.45) is 0. The van der Waals surface area contributed by atoms with Crippen molar-refractivity contribution in [3.63, 3.8) is 0 Å². The maximum absolute atomic E-state index is 12.3. The van der Waals surface area contributed by atoms with Crippen molar-refractivity contribution in [1.29, 1.82) is 0 Å². The molecule has 0 saturated heterocycles. The SMILES string of the molecule is COc1ccc(-n2nnnc2SCC(=O)Nc2c(Cl)cc(S(N)(=O)=O)cc2Cl)cc1. The molecule has 0 bridgehead atoms. The van der Waals surface area contributed by atoms with Gasteiger partial charge in [0.25, 0.3) is 0 Å². The van der Waals surface area contributed by atoms with Crippen molar-refractivity contribution in [2.24, 2.45) is 5.14 Å². The normalized spacial score (nSPS) is 11.3. The number of amides is 1. The van der Waals surface area contributed by atoms with E-state index in [1.165, 1.54) is 4.68 Å². The molecule has 3 N–H and O–H groups in total. The third kappa shape index (κ3) is 5.21. The first kappa shape index (κ1) is 22.3. The number of halogens is 2. The molecule has 3 aromatic rings. The van der Waals surface area contributed by atoms with Gasteiger partial charge in [-0.05, 0) is 46.8 Å². The number of sulfonamides is 1. The van der Waals surface area contributed by atoms with Crippen molar-refractivity contribution in [3.8, 4) is 11.4 Å². The highest BCUT2D eigenvalue weighted by Gasteiger charge is 2.17. The van der Waals surface area contributed by atoms with E-state index in [0.717, 1.165) is 23.9 Å². The molecule has 158 valence electrons. The van der Waals surface area contributed by atoms with E-state index in [9.17, 15) is 13.2 Å².